The molecule has 0 saturated heterocycles. The zero-order valence-electron chi connectivity index (χ0n) is 9.54. The lowest BCUT2D eigenvalue weighted by molar-refractivity contribution is -0.384. The second kappa shape index (κ2) is 7.29. The number of hydrogen-bond acceptors (Lipinski definition) is 4. The maximum Gasteiger partial charge on any atom is 0.293 e. The first-order valence-electron chi connectivity index (χ1n) is 5.15. The van der Waals surface area contributed by atoms with Gasteiger partial charge in [0.15, 0.2) is 0 Å². The normalized spacial score (nSPS) is 10.8. The van der Waals surface area contributed by atoms with Crippen LogP contribution in [0.5, 0.6) is 0 Å². The highest BCUT2D eigenvalue weighted by Crippen LogP contribution is 2.30. The summed E-state index contributed by atoms with van der Waals surface area (Å²) >= 11 is 2.84. The van der Waals surface area contributed by atoms with Gasteiger partial charge in [-0.2, -0.15) is 0 Å². The minimum Gasteiger partial charge on any atom is -0.377 e. The lowest BCUT2D eigenvalue weighted by Gasteiger charge is -2.08. The molecule has 0 aliphatic rings. The van der Waals surface area contributed by atoms with Gasteiger partial charge >= 0.3 is 0 Å². The zero-order chi connectivity index (χ0) is 14.4. The first-order chi connectivity index (χ1) is 8.91. The summed E-state index contributed by atoms with van der Waals surface area (Å²) in [6.07, 6.45) is -2.57. The SMILES string of the molecule is O=[N+]([O-])c1cc(Br)c(F)cc1NCCOCC(F)F. The van der Waals surface area contributed by atoms with E-state index in [4.69, 9.17) is 0 Å². The van der Waals surface area contributed by atoms with E-state index in [1.807, 2.05) is 0 Å². The summed E-state index contributed by atoms with van der Waals surface area (Å²) in [7, 11) is 0. The summed E-state index contributed by atoms with van der Waals surface area (Å²) in [5.41, 5.74) is -0.353. The highest BCUT2D eigenvalue weighted by molar-refractivity contribution is 9.10. The molecule has 19 heavy (non-hydrogen) atoms. The predicted molar refractivity (Wildman–Crippen MR) is 66.1 cm³/mol. The summed E-state index contributed by atoms with van der Waals surface area (Å²) in [6.45, 7) is -0.730. The molecule has 0 aliphatic carbocycles. The van der Waals surface area contributed by atoms with Crippen LogP contribution in [-0.4, -0.2) is 31.1 Å². The van der Waals surface area contributed by atoms with Crippen molar-refractivity contribution >= 4 is 27.3 Å². The van der Waals surface area contributed by atoms with Gasteiger partial charge in [-0.15, -0.1) is 0 Å². The molecule has 0 aromatic heterocycles. The van der Waals surface area contributed by atoms with Crippen molar-refractivity contribution in [2.24, 2.45) is 0 Å². The number of rotatable bonds is 7. The summed E-state index contributed by atoms with van der Waals surface area (Å²) in [5, 5.41) is 13.3. The minimum absolute atomic E-state index is 0.0290. The number of benzene rings is 1. The molecular weight excluding hydrogens is 333 g/mol. The van der Waals surface area contributed by atoms with Crippen LogP contribution in [-0.2, 0) is 4.74 Å². The van der Waals surface area contributed by atoms with E-state index in [0.29, 0.717) is 0 Å². The smallest absolute Gasteiger partial charge is 0.293 e. The monoisotopic (exact) mass is 342 g/mol. The molecule has 9 heteroatoms. The molecule has 1 N–H and O–H groups in total. The molecule has 1 aromatic rings. The Morgan fingerprint density at radius 1 is 1.47 bits per heavy atom. The van der Waals surface area contributed by atoms with Gasteiger partial charge in [-0.3, -0.25) is 10.1 Å². The van der Waals surface area contributed by atoms with Gasteiger partial charge in [0, 0.05) is 18.7 Å². The highest BCUT2D eigenvalue weighted by Gasteiger charge is 2.17. The van der Waals surface area contributed by atoms with Gasteiger partial charge in [-0.05, 0) is 15.9 Å². The molecule has 0 aliphatic heterocycles. The third kappa shape index (κ3) is 5.03. The van der Waals surface area contributed by atoms with E-state index in [1.165, 1.54) is 0 Å². The van der Waals surface area contributed by atoms with Crippen LogP contribution >= 0.6 is 15.9 Å². The van der Waals surface area contributed by atoms with E-state index in [2.05, 4.69) is 26.0 Å². The molecule has 0 amide bonds. The number of hydrogen-bond donors (Lipinski definition) is 1. The number of anilines is 1. The molecule has 106 valence electrons. The van der Waals surface area contributed by atoms with Crippen LogP contribution in [0.3, 0.4) is 0 Å². The van der Waals surface area contributed by atoms with Crippen molar-refractivity contribution in [2.75, 3.05) is 25.1 Å². The van der Waals surface area contributed by atoms with Gasteiger partial charge in [-0.1, -0.05) is 0 Å². The van der Waals surface area contributed by atoms with Gasteiger partial charge in [0.25, 0.3) is 12.1 Å². The van der Waals surface area contributed by atoms with Crippen LogP contribution in [0.25, 0.3) is 0 Å². The summed E-state index contributed by atoms with van der Waals surface area (Å²) in [5.74, 6) is -0.665. The van der Waals surface area contributed by atoms with Crippen LogP contribution in [0.1, 0.15) is 0 Å². The Bertz CT molecular complexity index is 460. The molecule has 0 bridgehead atoms. The first-order valence-corrected chi connectivity index (χ1v) is 5.94. The molecule has 0 spiro atoms. The van der Waals surface area contributed by atoms with Gasteiger partial charge in [0.1, 0.15) is 18.1 Å². The zero-order valence-corrected chi connectivity index (χ0v) is 11.1. The van der Waals surface area contributed by atoms with Crippen molar-refractivity contribution in [2.45, 2.75) is 6.43 Å². The minimum atomic E-state index is -2.57. The number of nitro groups is 1. The van der Waals surface area contributed by atoms with E-state index < -0.39 is 23.8 Å². The Labute approximate surface area is 115 Å². The van der Waals surface area contributed by atoms with E-state index >= 15 is 0 Å². The van der Waals surface area contributed by atoms with Gasteiger partial charge < -0.3 is 10.1 Å². The van der Waals surface area contributed by atoms with Crippen LogP contribution < -0.4 is 5.32 Å². The first kappa shape index (κ1) is 15.7. The second-order valence-corrected chi connectivity index (χ2v) is 4.29. The molecule has 0 unspecified atom stereocenters. The molecule has 0 saturated carbocycles. The van der Waals surface area contributed by atoms with Crippen molar-refractivity contribution in [3.05, 3.63) is 32.5 Å². The van der Waals surface area contributed by atoms with E-state index in [1.54, 1.807) is 0 Å². The lowest BCUT2D eigenvalue weighted by Crippen LogP contribution is -2.14. The Morgan fingerprint density at radius 3 is 2.74 bits per heavy atom. The Morgan fingerprint density at radius 2 is 2.16 bits per heavy atom. The number of ether oxygens (including phenoxy) is 1. The maximum absolute atomic E-state index is 13.3. The topological polar surface area (TPSA) is 64.4 Å². The third-order valence-corrected chi connectivity index (χ3v) is 2.65. The molecule has 5 nitrogen and oxygen atoms in total. The van der Waals surface area contributed by atoms with Crippen molar-refractivity contribution < 1.29 is 22.8 Å². The largest absolute Gasteiger partial charge is 0.377 e. The Balaban J connectivity index is 2.62. The average molecular weight is 343 g/mol. The number of nitrogens with one attached hydrogen (secondary N) is 1. The lowest BCUT2D eigenvalue weighted by atomic mass is 10.2. The molecule has 0 heterocycles. The van der Waals surface area contributed by atoms with E-state index in [0.717, 1.165) is 12.1 Å². The van der Waals surface area contributed by atoms with Crippen LogP contribution in [0.4, 0.5) is 24.5 Å². The fourth-order valence-electron chi connectivity index (χ4n) is 1.26. The molecule has 1 rings (SSSR count). The number of halogens is 4. The Kier molecular flexibility index (Phi) is 6.03. The van der Waals surface area contributed by atoms with Crippen LogP contribution in [0.2, 0.25) is 0 Å². The maximum atomic E-state index is 13.3. The summed E-state index contributed by atoms with van der Waals surface area (Å²) in [4.78, 5) is 10.1. The molecule has 0 atom stereocenters. The summed E-state index contributed by atoms with van der Waals surface area (Å²) in [6, 6.07) is 1.98. The van der Waals surface area contributed by atoms with Crippen molar-refractivity contribution in [3.63, 3.8) is 0 Å². The van der Waals surface area contributed by atoms with Crippen molar-refractivity contribution in [3.8, 4) is 0 Å². The molecule has 0 fully saturated rings. The molecule has 1 aromatic carbocycles. The summed E-state index contributed by atoms with van der Waals surface area (Å²) < 4.78 is 41.3. The van der Waals surface area contributed by atoms with Gasteiger partial charge in [0.2, 0.25) is 0 Å². The van der Waals surface area contributed by atoms with Crippen LogP contribution in [0.15, 0.2) is 16.6 Å². The third-order valence-electron chi connectivity index (χ3n) is 2.04. The number of alkyl halides is 2. The molecule has 0 radical (unpaired) electrons. The highest BCUT2D eigenvalue weighted by atomic mass is 79.9. The van der Waals surface area contributed by atoms with E-state index in [-0.39, 0.29) is 29.0 Å². The predicted octanol–water partition coefficient (Wildman–Crippen LogP) is 3.19. The van der Waals surface area contributed by atoms with E-state index in [9.17, 15) is 23.3 Å². The average Bonchev–Trinajstić information content (AvgIpc) is 2.32. The van der Waals surface area contributed by atoms with Gasteiger partial charge in [-0.25, -0.2) is 13.2 Å². The van der Waals surface area contributed by atoms with Crippen LogP contribution in [0, 0.1) is 15.9 Å². The number of nitro benzene ring substituents is 1. The Hall–Kier alpha value is -1.35. The number of nitrogens with zero attached hydrogens (tertiary/aromatic N) is 1. The van der Waals surface area contributed by atoms with Crippen molar-refractivity contribution in [1.29, 1.82) is 0 Å². The van der Waals surface area contributed by atoms with Gasteiger partial charge in [0.05, 0.1) is 16.0 Å². The standard InChI is InChI=1S/C10H10BrF3N2O3/c11-6-3-9(16(17)18)8(4-7(6)12)15-1-2-19-5-10(13)14/h3-4,10,15H,1-2,5H2. The quantitative estimate of drug-likeness (QED) is 0.469. The fourth-order valence-corrected chi connectivity index (χ4v) is 1.59. The van der Waals surface area contributed by atoms with Crippen molar-refractivity contribution in [1.82, 2.24) is 0 Å². The second-order valence-electron chi connectivity index (χ2n) is 3.43. The molecular formula is C10H10BrF3N2O3. The fraction of sp³-hybridized carbons (Fsp3) is 0.400.